The van der Waals surface area contributed by atoms with E-state index in [0.717, 1.165) is 6.54 Å². The first-order chi connectivity index (χ1) is 5.97. The molecule has 0 fully saturated rings. The minimum Gasteiger partial charge on any atom is -0.342 e. The van der Waals surface area contributed by atoms with E-state index in [4.69, 9.17) is 0 Å². The van der Waals surface area contributed by atoms with Gasteiger partial charge >= 0.3 is 0 Å². The van der Waals surface area contributed by atoms with Crippen LogP contribution in [0.3, 0.4) is 0 Å². The summed E-state index contributed by atoms with van der Waals surface area (Å²) in [6.07, 6.45) is 0.0422. The minimum absolute atomic E-state index is 0.0422. The molecule has 76 valence electrons. The van der Waals surface area contributed by atoms with Gasteiger partial charge < -0.3 is 4.90 Å². The number of carbonyl (C=O) groups excluding carboxylic acids is 2. The number of carbonyl (C=O) groups is 2. The fraction of sp³-hybridized carbons (Fsp3) is 0.800. The molecule has 0 atom stereocenters. The van der Waals surface area contributed by atoms with Crippen LogP contribution in [-0.2, 0) is 9.59 Å². The van der Waals surface area contributed by atoms with Gasteiger partial charge in [-0.05, 0) is 19.8 Å². The Hall–Kier alpha value is -0.860. The van der Waals surface area contributed by atoms with Crippen LogP contribution < -0.4 is 0 Å². The maximum Gasteiger partial charge on any atom is 0.230 e. The van der Waals surface area contributed by atoms with Crippen molar-refractivity contribution >= 4 is 11.7 Å². The average molecular weight is 185 g/mol. The Balaban J connectivity index is 4.07. The summed E-state index contributed by atoms with van der Waals surface area (Å²) in [5.41, 5.74) is 0. The van der Waals surface area contributed by atoms with Crippen molar-refractivity contribution in [3.05, 3.63) is 0 Å². The molecule has 0 N–H and O–H groups in total. The smallest absolute Gasteiger partial charge is 0.230 e. The predicted octanol–water partition coefficient (Wildman–Crippen LogP) is 1.47. The lowest BCUT2D eigenvalue weighted by Gasteiger charge is -2.22. The zero-order valence-corrected chi connectivity index (χ0v) is 8.96. The fourth-order valence-electron chi connectivity index (χ4n) is 1.17. The second-order valence-corrected chi connectivity index (χ2v) is 3.71. The Labute approximate surface area is 80.1 Å². The molecule has 0 rings (SSSR count). The maximum absolute atomic E-state index is 11.4. The van der Waals surface area contributed by atoms with Gasteiger partial charge in [-0.3, -0.25) is 9.59 Å². The summed E-state index contributed by atoms with van der Waals surface area (Å²) in [7, 11) is 0. The van der Waals surface area contributed by atoms with Crippen molar-refractivity contribution in [2.75, 3.05) is 13.1 Å². The first-order valence-corrected chi connectivity index (χ1v) is 4.74. The highest BCUT2D eigenvalue weighted by Gasteiger charge is 2.14. The number of Topliss-reactive ketones (excluding diaryl/α,β-unsaturated/α-hetero) is 1. The van der Waals surface area contributed by atoms with E-state index in [1.807, 2.05) is 6.92 Å². The zero-order valence-electron chi connectivity index (χ0n) is 8.96. The molecule has 0 bridgehead atoms. The third-order valence-corrected chi connectivity index (χ3v) is 1.72. The molecule has 0 radical (unpaired) electrons. The van der Waals surface area contributed by atoms with Gasteiger partial charge in [0.2, 0.25) is 5.91 Å². The quantitative estimate of drug-likeness (QED) is 0.608. The van der Waals surface area contributed by atoms with Crippen LogP contribution in [0.15, 0.2) is 0 Å². The monoisotopic (exact) mass is 185 g/mol. The van der Waals surface area contributed by atoms with Crippen LogP contribution in [0, 0.1) is 5.92 Å². The van der Waals surface area contributed by atoms with Crippen molar-refractivity contribution in [2.45, 2.75) is 34.1 Å². The molecule has 0 aliphatic heterocycles. The molecule has 0 saturated carbocycles. The predicted molar refractivity (Wildman–Crippen MR) is 52.4 cm³/mol. The van der Waals surface area contributed by atoms with Gasteiger partial charge in [-0.15, -0.1) is 0 Å². The molecular weight excluding hydrogens is 166 g/mol. The number of rotatable bonds is 5. The molecule has 0 aromatic heterocycles. The molecule has 0 aromatic rings. The SMILES string of the molecule is CCN(CC(C)C)C(=O)CC(C)=O. The minimum atomic E-state index is -0.0628. The van der Waals surface area contributed by atoms with E-state index in [1.165, 1.54) is 6.92 Å². The molecule has 0 saturated heterocycles. The van der Waals surface area contributed by atoms with Crippen LogP contribution in [0.5, 0.6) is 0 Å². The van der Waals surface area contributed by atoms with Crippen LogP contribution >= 0.6 is 0 Å². The van der Waals surface area contributed by atoms with E-state index >= 15 is 0 Å². The molecule has 1 amide bonds. The third-order valence-electron chi connectivity index (χ3n) is 1.72. The highest BCUT2D eigenvalue weighted by molar-refractivity contribution is 5.96. The molecule has 3 nitrogen and oxygen atoms in total. The number of ketones is 1. The van der Waals surface area contributed by atoms with Crippen molar-refractivity contribution in [1.82, 2.24) is 4.90 Å². The standard InChI is InChI=1S/C10H19NO2/c1-5-11(7-8(2)3)10(13)6-9(4)12/h8H,5-7H2,1-4H3. The summed E-state index contributed by atoms with van der Waals surface area (Å²) in [6, 6.07) is 0. The summed E-state index contributed by atoms with van der Waals surface area (Å²) >= 11 is 0. The van der Waals surface area contributed by atoms with Crippen LogP contribution in [0.4, 0.5) is 0 Å². The Morgan fingerprint density at radius 3 is 2.15 bits per heavy atom. The van der Waals surface area contributed by atoms with E-state index in [9.17, 15) is 9.59 Å². The molecular formula is C10H19NO2. The van der Waals surface area contributed by atoms with Crippen molar-refractivity contribution < 1.29 is 9.59 Å². The van der Waals surface area contributed by atoms with E-state index < -0.39 is 0 Å². The number of amides is 1. The van der Waals surface area contributed by atoms with Crippen LogP contribution in [-0.4, -0.2) is 29.7 Å². The number of hydrogen-bond acceptors (Lipinski definition) is 2. The second-order valence-electron chi connectivity index (χ2n) is 3.71. The molecule has 0 aliphatic rings. The fourth-order valence-corrected chi connectivity index (χ4v) is 1.17. The lowest BCUT2D eigenvalue weighted by atomic mass is 10.2. The molecule has 0 aromatic carbocycles. The molecule has 13 heavy (non-hydrogen) atoms. The van der Waals surface area contributed by atoms with Gasteiger partial charge in [0.1, 0.15) is 5.78 Å². The first-order valence-electron chi connectivity index (χ1n) is 4.74. The van der Waals surface area contributed by atoms with Gasteiger partial charge in [-0.2, -0.15) is 0 Å². The van der Waals surface area contributed by atoms with Gasteiger partial charge in [0, 0.05) is 13.1 Å². The lowest BCUT2D eigenvalue weighted by Crippen LogP contribution is -2.34. The Morgan fingerprint density at radius 2 is 1.85 bits per heavy atom. The molecule has 0 spiro atoms. The largest absolute Gasteiger partial charge is 0.342 e. The summed E-state index contributed by atoms with van der Waals surface area (Å²) in [6.45, 7) is 8.92. The van der Waals surface area contributed by atoms with Gasteiger partial charge in [0.05, 0.1) is 6.42 Å². The average Bonchev–Trinajstić information content (AvgIpc) is 1.98. The zero-order chi connectivity index (χ0) is 10.4. The summed E-state index contributed by atoms with van der Waals surface area (Å²) in [4.78, 5) is 23.9. The van der Waals surface area contributed by atoms with E-state index in [1.54, 1.807) is 4.90 Å². The summed E-state index contributed by atoms with van der Waals surface area (Å²) < 4.78 is 0. The molecule has 3 heteroatoms. The van der Waals surface area contributed by atoms with Gasteiger partial charge in [-0.25, -0.2) is 0 Å². The van der Waals surface area contributed by atoms with E-state index in [0.29, 0.717) is 12.5 Å². The Morgan fingerprint density at radius 1 is 1.31 bits per heavy atom. The Bertz CT molecular complexity index is 187. The first kappa shape index (κ1) is 12.1. The highest BCUT2D eigenvalue weighted by atomic mass is 16.2. The highest BCUT2D eigenvalue weighted by Crippen LogP contribution is 2.01. The topological polar surface area (TPSA) is 37.4 Å². The van der Waals surface area contributed by atoms with Gasteiger partial charge in [0.15, 0.2) is 0 Å². The Kier molecular flexibility index (Phi) is 5.35. The maximum atomic E-state index is 11.4. The van der Waals surface area contributed by atoms with Crippen LogP contribution in [0.2, 0.25) is 0 Å². The van der Waals surface area contributed by atoms with Crippen molar-refractivity contribution in [3.8, 4) is 0 Å². The van der Waals surface area contributed by atoms with E-state index in [2.05, 4.69) is 13.8 Å². The van der Waals surface area contributed by atoms with Crippen LogP contribution in [0.25, 0.3) is 0 Å². The van der Waals surface area contributed by atoms with Gasteiger partial charge in [-0.1, -0.05) is 13.8 Å². The van der Waals surface area contributed by atoms with Crippen molar-refractivity contribution in [1.29, 1.82) is 0 Å². The van der Waals surface area contributed by atoms with E-state index in [-0.39, 0.29) is 18.1 Å². The van der Waals surface area contributed by atoms with Gasteiger partial charge in [0.25, 0.3) is 0 Å². The normalized spacial score (nSPS) is 10.2. The number of hydrogen-bond donors (Lipinski definition) is 0. The lowest BCUT2D eigenvalue weighted by molar-refractivity contribution is -0.135. The summed E-state index contributed by atoms with van der Waals surface area (Å²) in [5.74, 6) is 0.340. The molecule has 0 unspecified atom stereocenters. The van der Waals surface area contributed by atoms with Crippen LogP contribution in [0.1, 0.15) is 34.1 Å². The van der Waals surface area contributed by atoms with Crippen molar-refractivity contribution in [2.24, 2.45) is 5.92 Å². The molecule has 0 aliphatic carbocycles. The second kappa shape index (κ2) is 5.73. The van der Waals surface area contributed by atoms with Crippen molar-refractivity contribution in [3.63, 3.8) is 0 Å². The third kappa shape index (κ3) is 5.39. The number of nitrogens with zero attached hydrogens (tertiary/aromatic N) is 1. The summed E-state index contributed by atoms with van der Waals surface area (Å²) in [5, 5.41) is 0. The molecule has 0 heterocycles.